The molecule has 41 unspecified atom stereocenters. The number of rotatable bonds is 42. The summed E-state index contributed by atoms with van der Waals surface area (Å²) in [6.45, 7) is 15.3. The predicted molar refractivity (Wildman–Crippen MR) is 472 cm³/mol. The summed E-state index contributed by atoms with van der Waals surface area (Å²) in [4.78, 5) is 81.8. The molecule has 51 nitrogen and oxygen atoms in total. The Balaban J connectivity index is 0.864. The number of nitrogens with zero attached hydrogens (tertiary/aromatic N) is 2. The molecular formula is C92H147N3O48. The Hall–Kier alpha value is -5.39. The summed E-state index contributed by atoms with van der Waals surface area (Å²) >= 11 is 0. The molecular weight excluding hydrogens is 1910 g/mol. The number of amides is 3. The van der Waals surface area contributed by atoms with Gasteiger partial charge < -0.3 is 207 Å². The van der Waals surface area contributed by atoms with Gasteiger partial charge in [0.15, 0.2) is 43.7 Å². The number of allylic oxidation sites excluding steroid dienone is 2. The predicted octanol–water partition coefficient (Wildman–Crippen LogP) is -7.32. The van der Waals surface area contributed by atoms with E-state index in [9.17, 15) is 141 Å². The number of imide groups is 1. The molecule has 143 heavy (non-hydrogen) atoms. The highest BCUT2D eigenvalue weighted by Crippen LogP contribution is 2.73. The number of carbonyl (C=O) groups is 6. The van der Waals surface area contributed by atoms with Gasteiger partial charge in [0, 0.05) is 43.7 Å². The lowest BCUT2D eigenvalue weighted by Gasteiger charge is -2.68. The third kappa shape index (κ3) is 25.3. The number of carboxylic acids is 1. The van der Waals surface area contributed by atoms with Crippen molar-refractivity contribution in [3.8, 4) is 0 Å². The van der Waals surface area contributed by atoms with Crippen molar-refractivity contribution < 1.29 is 236 Å². The van der Waals surface area contributed by atoms with Gasteiger partial charge in [0.1, 0.15) is 127 Å². The summed E-state index contributed by atoms with van der Waals surface area (Å²) in [5, 5.41) is 261. The quantitative estimate of drug-likeness (QED) is 0.00395. The number of hydrogen-bond acceptors (Lipinski definition) is 48. The summed E-state index contributed by atoms with van der Waals surface area (Å²) in [6, 6.07) is 0. The van der Waals surface area contributed by atoms with Gasteiger partial charge in [0.25, 0.3) is 11.8 Å². The second-order valence-corrected chi connectivity index (χ2v) is 41.4. The molecule has 4 saturated carbocycles. The van der Waals surface area contributed by atoms with Crippen LogP contribution in [0.25, 0.3) is 0 Å². The molecule has 7 aliphatic heterocycles. The Bertz CT molecular complexity index is 4270. The lowest BCUT2D eigenvalue weighted by molar-refractivity contribution is -0.395. The zero-order chi connectivity index (χ0) is 105. The largest absolute Gasteiger partial charge is 0.479 e. The van der Waals surface area contributed by atoms with Gasteiger partial charge in [0.2, 0.25) is 49.9 Å². The minimum Gasteiger partial charge on any atom is -0.479 e. The number of carboxylic acid groups (broad SMARTS) is 1. The average molecular weight is 2060 g/mol. The minimum atomic E-state index is -2.52. The third-order valence-corrected chi connectivity index (χ3v) is 30.9. The number of unbranched alkanes of at least 4 members (excludes halogenated alkanes) is 2. The van der Waals surface area contributed by atoms with E-state index in [1.165, 1.54) is 47.8 Å². The fraction of sp³-hybridized carbons (Fsp3) is 0.880. The SMILES string of the molecule is CC(=O)OC(C)C(C)OC(OC1C(C)OC(OC(=O)[C@]23CCC(C)(C)CC2C2=CCC4[C@@](C)(CCC5[C@]4(C)CC[C@H](OC4OC(C(=O)O)C(O)C(OC6OCC(O)C(O)C6O)C4OC4OC(CO)C(O)C(O)C4O)[C@@]5(C)/C=N/NC(=O)CCCCCN4C(=O)C=CC4=O)C2C[C@H]3O)C(OC2OC(C)C(OC3OCC(O)C(OC(OC(CO)C(C)O)C(O)O)C3O)C(O)C2O)C1O)C(O)OC(OCC(C)O)C(O)O. The molecule has 5 aliphatic carbocycles. The van der Waals surface area contributed by atoms with E-state index in [0.717, 1.165) is 29.5 Å². The van der Waals surface area contributed by atoms with Gasteiger partial charge in [-0.3, -0.25) is 28.9 Å². The van der Waals surface area contributed by atoms with Crippen LogP contribution in [-0.4, -0.2) is 456 Å². The monoisotopic (exact) mass is 2060 g/mol. The van der Waals surface area contributed by atoms with Crippen molar-refractivity contribution in [1.29, 1.82) is 0 Å². The minimum absolute atomic E-state index is 0.0205. The van der Waals surface area contributed by atoms with Crippen molar-refractivity contribution in [2.75, 3.05) is 39.6 Å². The lowest BCUT2D eigenvalue weighted by Crippen LogP contribution is -2.68. The van der Waals surface area contributed by atoms with Crippen molar-refractivity contribution in [3.05, 3.63) is 23.8 Å². The molecule has 0 aromatic carbocycles. The molecule has 51 heteroatoms. The van der Waals surface area contributed by atoms with E-state index in [1.54, 1.807) is 6.92 Å². The van der Waals surface area contributed by atoms with E-state index >= 15 is 4.79 Å². The maximum absolute atomic E-state index is 16.5. The molecule has 12 aliphatic rings. The van der Waals surface area contributed by atoms with E-state index in [0.29, 0.717) is 44.9 Å². The molecule has 47 atom stereocenters. The lowest BCUT2D eigenvalue weighted by atomic mass is 9.36. The highest BCUT2D eigenvalue weighted by atomic mass is 16.8. The summed E-state index contributed by atoms with van der Waals surface area (Å²) in [6.07, 6.45) is -70.5. The smallest absolute Gasteiger partial charge is 0.335 e. The van der Waals surface area contributed by atoms with Gasteiger partial charge in [-0.25, -0.2) is 10.2 Å². The number of nitrogens with one attached hydrogen (secondary N) is 1. The Morgan fingerprint density at radius 2 is 1.17 bits per heavy atom. The second-order valence-electron chi connectivity index (χ2n) is 41.4. The number of aliphatic hydroxyl groups is 22. The standard InChI is InChI=1S/C92H147N3O48/c1-36(98)32-125-84(75(119)120)142-77(123)86(129-39(4)38(3)128-42(7)100)136-68-41(6)131-82(72(64(68)114)140-80-63(113)60(110)67(40(5)130-80)135-79-66(116)69(47(102)34-127-79)137-85(76(121)122)132-48(30-96)37(2)99)143-87(124)92-26-25-88(8,9)29-45(92)43-17-18-50-89(10,44(43)28-52(92)103)23-21-51-90(50,11)24-22-53(91(51,12)35-93-94-54(104)16-14-13-15-27-95-55(105)19-20-56(95)106)134-83-73(141-81-62(112)59(109)58(108)49(31-97)133-81)70(65(115)71(139-83)74(117)118)138-78-61(111)57(107)46(101)33-126-78/h17,19-20,35-41,44-53,57-73,75-86,96-99,101-103,107-116,119-123H,13-16,18,21-34H2,1-12H3,(H,94,104)(H,117,118)/b93-35+/t36?,37?,38?,39?,40?,41?,44?,45?,46?,47?,48?,49?,50?,51?,52-,53+,57?,58?,59?,60?,61?,62?,63?,64?,65?,66?,67?,68?,69?,70?,71?,72?,73?,77?,78?,79?,80?,81?,82?,83?,84?,85?,86?,89+,90-,91+,92-/m1/s1. The van der Waals surface area contributed by atoms with Gasteiger partial charge >= 0.3 is 17.9 Å². The van der Waals surface area contributed by atoms with Gasteiger partial charge in [-0.1, -0.05) is 52.7 Å². The van der Waals surface area contributed by atoms with Gasteiger partial charge in [-0.05, 0) is 152 Å². The number of fused-ring (bicyclic) bond motifs is 7. The van der Waals surface area contributed by atoms with Crippen molar-refractivity contribution in [1.82, 2.24) is 10.3 Å². The zero-order valence-corrected chi connectivity index (χ0v) is 81.6. The first-order valence-corrected chi connectivity index (χ1v) is 48.7. The van der Waals surface area contributed by atoms with Crippen LogP contribution in [-0.2, 0) is 119 Å². The van der Waals surface area contributed by atoms with E-state index in [2.05, 4.69) is 30.5 Å². The molecule has 3 amide bonds. The van der Waals surface area contributed by atoms with Crippen LogP contribution in [0.3, 0.4) is 0 Å². The first kappa shape index (κ1) is 116. The molecule has 0 aromatic heterocycles. The van der Waals surface area contributed by atoms with Crippen LogP contribution in [0.1, 0.15) is 167 Å². The topological polar surface area (TPSA) is 771 Å². The highest BCUT2D eigenvalue weighted by molar-refractivity contribution is 6.12. The highest BCUT2D eigenvalue weighted by Gasteiger charge is 2.71. The Kier molecular flexibility index (Phi) is 39.4. The molecule has 0 radical (unpaired) electrons. The number of hydrazone groups is 1. The Morgan fingerprint density at radius 3 is 1.80 bits per heavy atom. The fourth-order valence-corrected chi connectivity index (χ4v) is 22.8. The molecule has 0 aromatic rings. The van der Waals surface area contributed by atoms with Crippen LogP contribution in [0.5, 0.6) is 0 Å². The summed E-state index contributed by atoms with van der Waals surface area (Å²) in [5.41, 5.74) is -2.05. The first-order valence-electron chi connectivity index (χ1n) is 48.7. The Morgan fingerprint density at radius 1 is 0.566 bits per heavy atom. The number of esters is 2. The number of aliphatic carboxylic acids is 1. The van der Waals surface area contributed by atoms with Crippen LogP contribution in [0.2, 0.25) is 0 Å². The molecule has 10 fully saturated rings. The van der Waals surface area contributed by atoms with E-state index in [1.807, 2.05) is 13.8 Å². The Labute approximate surface area is 823 Å². The maximum Gasteiger partial charge on any atom is 0.335 e. The number of ether oxygens (including phenoxy) is 19. The normalized spacial score (nSPS) is 43.0. The average Bonchev–Trinajstić information content (AvgIpc) is 0.860. The van der Waals surface area contributed by atoms with E-state index in [4.69, 9.17) is 90.0 Å². The van der Waals surface area contributed by atoms with Crippen LogP contribution in [0.4, 0.5) is 0 Å². The molecule has 6 saturated heterocycles. The van der Waals surface area contributed by atoms with Crippen molar-refractivity contribution in [3.63, 3.8) is 0 Å². The summed E-state index contributed by atoms with van der Waals surface area (Å²) in [7, 11) is 0. The van der Waals surface area contributed by atoms with E-state index < -0.39 is 366 Å². The molecule has 7 heterocycles. The summed E-state index contributed by atoms with van der Waals surface area (Å²) in [5.74, 6) is -7.42. The molecule has 0 bridgehead atoms. The number of hydrogen-bond donors (Lipinski definition) is 24. The van der Waals surface area contributed by atoms with E-state index in [-0.39, 0.29) is 51.0 Å². The fourth-order valence-electron chi connectivity index (χ4n) is 22.8. The molecule has 818 valence electrons. The van der Waals surface area contributed by atoms with Crippen molar-refractivity contribution in [2.24, 2.45) is 55.8 Å². The zero-order valence-electron chi connectivity index (χ0n) is 81.6. The van der Waals surface area contributed by atoms with Crippen LogP contribution in [0.15, 0.2) is 28.9 Å². The second kappa shape index (κ2) is 48.5. The molecule has 24 N–H and O–H groups in total. The number of carbonyl (C=O) groups excluding carboxylic acids is 5. The molecule has 12 rings (SSSR count). The van der Waals surface area contributed by atoms with Crippen LogP contribution >= 0.6 is 0 Å². The van der Waals surface area contributed by atoms with Crippen LogP contribution in [0, 0.1) is 50.7 Å². The summed E-state index contributed by atoms with van der Waals surface area (Å²) < 4.78 is 114. The van der Waals surface area contributed by atoms with Crippen molar-refractivity contribution in [2.45, 2.75) is 419 Å². The number of aliphatic hydroxyl groups excluding tert-OH is 20. The van der Waals surface area contributed by atoms with Crippen molar-refractivity contribution >= 4 is 41.8 Å². The maximum atomic E-state index is 16.5. The van der Waals surface area contributed by atoms with Crippen LogP contribution < -0.4 is 5.43 Å². The first-order chi connectivity index (χ1) is 67.2. The van der Waals surface area contributed by atoms with Gasteiger partial charge in [-0.2, -0.15) is 5.10 Å². The van der Waals surface area contributed by atoms with Gasteiger partial charge in [0.05, 0.1) is 75.8 Å². The molecule has 0 spiro atoms. The third-order valence-electron chi connectivity index (χ3n) is 30.9. The van der Waals surface area contributed by atoms with Gasteiger partial charge in [-0.15, -0.1) is 0 Å².